The van der Waals surface area contributed by atoms with Crippen molar-refractivity contribution < 1.29 is 20.4 Å². The molecule has 0 radical (unpaired) electrons. The summed E-state index contributed by atoms with van der Waals surface area (Å²) < 4.78 is 0. The van der Waals surface area contributed by atoms with E-state index in [0.29, 0.717) is 38.5 Å². The van der Waals surface area contributed by atoms with E-state index in [-0.39, 0.29) is 12.7 Å². The second-order valence-corrected chi connectivity index (χ2v) is 4.22. The number of aliphatic hydroxyl groups excluding tert-OH is 3. The molecule has 4 heteroatoms. The predicted molar refractivity (Wildman–Crippen MR) is 51.8 cm³/mol. The van der Waals surface area contributed by atoms with E-state index in [4.69, 9.17) is 5.11 Å². The lowest BCUT2D eigenvalue weighted by Crippen LogP contribution is -2.46. The van der Waals surface area contributed by atoms with Crippen LogP contribution in [0.15, 0.2) is 0 Å². The van der Waals surface area contributed by atoms with Crippen molar-refractivity contribution in [2.75, 3.05) is 6.61 Å². The third-order valence-corrected chi connectivity index (χ3v) is 3.08. The highest BCUT2D eigenvalue weighted by Gasteiger charge is 2.38. The van der Waals surface area contributed by atoms with Gasteiger partial charge < -0.3 is 20.4 Å². The third-order valence-electron chi connectivity index (χ3n) is 3.08. The van der Waals surface area contributed by atoms with Crippen LogP contribution >= 0.6 is 0 Å². The average Bonchev–Trinajstić information content (AvgIpc) is 2.19. The van der Waals surface area contributed by atoms with Gasteiger partial charge in [0, 0.05) is 6.61 Å². The van der Waals surface area contributed by atoms with E-state index < -0.39 is 11.7 Å². The van der Waals surface area contributed by atoms with Gasteiger partial charge in [-0.3, -0.25) is 0 Å². The normalized spacial score (nSPS) is 35.6. The lowest BCUT2D eigenvalue weighted by atomic mass is 9.78. The van der Waals surface area contributed by atoms with E-state index in [1.165, 1.54) is 0 Å². The lowest BCUT2D eigenvalue weighted by molar-refractivity contribution is -0.116. The fourth-order valence-electron chi connectivity index (χ4n) is 1.99. The quantitative estimate of drug-likeness (QED) is 0.510. The number of hydrogen-bond donors (Lipinski definition) is 4. The van der Waals surface area contributed by atoms with Crippen LogP contribution in [0.1, 0.15) is 38.5 Å². The zero-order valence-electron chi connectivity index (χ0n) is 8.39. The maximum atomic E-state index is 10.0. The summed E-state index contributed by atoms with van der Waals surface area (Å²) >= 11 is 0. The van der Waals surface area contributed by atoms with Crippen LogP contribution in [0, 0.1) is 0 Å². The summed E-state index contributed by atoms with van der Waals surface area (Å²) in [6.45, 7) is 0.0375. The van der Waals surface area contributed by atoms with Crippen LogP contribution in [0.25, 0.3) is 0 Å². The van der Waals surface area contributed by atoms with Gasteiger partial charge in [0.1, 0.15) is 0 Å². The molecular formula is C10H20O4. The molecule has 1 saturated carbocycles. The Morgan fingerprint density at radius 2 is 1.86 bits per heavy atom. The molecule has 1 unspecified atom stereocenters. The lowest BCUT2D eigenvalue weighted by Gasteiger charge is -2.38. The SMILES string of the molecule is OCCCC(O)C1(O)CCC(O)CC1. The van der Waals surface area contributed by atoms with E-state index in [1.54, 1.807) is 0 Å². The minimum Gasteiger partial charge on any atom is -0.396 e. The van der Waals surface area contributed by atoms with Gasteiger partial charge in [-0.2, -0.15) is 0 Å². The molecule has 0 aliphatic heterocycles. The van der Waals surface area contributed by atoms with E-state index in [0.717, 1.165) is 0 Å². The summed E-state index contributed by atoms with van der Waals surface area (Å²) in [7, 11) is 0. The molecule has 14 heavy (non-hydrogen) atoms. The van der Waals surface area contributed by atoms with Crippen LogP contribution < -0.4 is 0 Å². The van der Waals surface area contributed by atoms with Gasteiger partial charge in [0.05, 0.1) is 17.8 Å². The first-order valence-electron chi connectivity index (χ1n) is 5.28. The van der Waals surface area contributed by atoms with Gasteiger partial charge in [-0.15, -0.1) is 0 Å². The van der Waals surface area contributed by atoms with Gasteiger partial charge in [0.2, 0.25) is 0 Å². The molecule has 1 rings (SSSR count). The average molecular weight is 204 g/mol. The fourth-order valence-corrected chi connectivity index (χ4v) is 1.99. The van der Waals surface area contributed by atoms with Crippen LogP contribution in [0.2, 0.25) is 0 Å². The topological polar surface area (TPSA) is 80.9 Å². The Hall–Kier alpha value is -0.160. The molecule has 0 aromatic heterocycles. The summed E-state index contributed by atoms with van der Waals surface area (Å²) in [6, 6.07) is 0. The van der Waals surface area contributed by atoms with Crippen LogP contribution in [0.4, 0.5) is 0 Å². The van der Waals surface area contributed by atoms with Crippen LogP contribution in [-0.4, -0.2) is 44.8 Å². The molecule has 1 atom stereocenters. The summed E-state index contributed by atoms with van der Waals surface area (Å²) in [5, 5.41) is 37.6. The van der Waals surface area contributed by atoms with Crippen molar-refractivity contribution >= 4 is 0 Å². The smallest absolute Gasteiger partial charge is 0.0907 e. The molecule has 84 valence electrons. The molecule has 1 fully saturated rings. The Bertz CT molecular complexity index is 164. The second kappa shape index (κ2) is 5.07. The first kappa shape index (κ1) is 11.9. The first-order valence-corrected chi connectivity index (χ1v) is 5.28. The third kappa shape index (κ3) is 2.92. The van der Waals surface area contributed by atoms with Crippen molar-refractivity contribution in [1.29, 1.82) is 0 Å². The standard InChI is InChI=1S/C10H20O4/c11-7-1-2-9(13)10(14)5-3-8(12)4-6-10/h8-9,11-14H,1-7H2. The second-order valence-electron chi connectivity index (χ2n) is 4.22. The zero-order chi connectivity index (χ0) is 10.6. The molecule has 0 bridgehead atoms. The Morgan fingerprint density at radius 1 is 1.29 bits per heavy atom. The van der Waals surface area contributed by atoms with E-state index in [9.17, 15) is 15.3 Å². The number of aliphatic hydroxyl groups is 4. The number of rotatable bonds is 4. The molecule has 0 saturated heterocycles. The van der Waals surface area contributed by atoms with Crippen LogP contribution in [-0.2, 0) is 0 Å². The molecular weight excluding hydrogens is 184 g/mol. The van der Waals surface area contributed by atoms with Gasteiger partial charge in [-0.1, -0.05) is 0 Å². The molecule has 0 spiro atoms. The molecule has 0 aromatic carbocycles. The van der Waals surface area contributed by atoms with E-state index in [2.05, 4.69) is 0 Å². The minimum atomic E-state index is -1.05. The molecule has 0 amide bonds. The van der Waals surface area contributed by atoms with Crippen molar-refractivity contribution in [1.82, 2.24) is 0 Å². The molecule has 4 nitrogen and oxygen atoms in total. The molecule has 1 aliphatic rings. The molecule has 0 heterocycles. The van der Waals surface area contributed by atoms with Gasteiger partial charge in [-0.05, 0) is 38.5 Å². The van der Waals surface area contributed by atoms with E-state index in [1.807, 2.05) is 0 Å². The van der Waals surface area contributed by atoms with Crippen molar-refractivity contribution in [2.24, 2.45) is 0 Å². The molecule has 4 N–H and O–H groups in total. The van der Waals surface area contributed by atoms with Gasteiger partial charge in [-0.25, -0.2) is 0 Å². The fraction of sp³-hybridized carbons (Fsp3) is 1.00. The Balaban J connectivity index is 2.40. The Kier molecular flexibility index (Phi) is 4.31. The highest BCUT2D eigenvalue weighted by atomic mass is 16.3. The number of hydrogen-bond acceptors (Lipinski definition) is 4. The van der Waals surface area contributed by atoms with Gasteiger partial charge in [0.15, 0.2) is 0 Å². The Morgan fingerprint density at radius 3 is 2.36 bits per heavy atom. The Labute approximate surface area is 84.2 Å². The highest BCUT2D eigenvalue weighted by Crippen LogP contribution is 2.32. The van der Waals surface area contributed by atoms with Gasteiger partial charge >= 0.3 is 0 Å². The molecule has 1 aliphatic carbocycles. The summed E-state index contributed by atoms with van der Waals surface area (Å²) in [4.78, 5) is 0. The van der Waals surface area contributed by atoms with E-state index >= 15 is 0 Å². The van der Waals surface area contributed by atoms with Crippen molar-refractivity contribution in [3.8, 4) is 0 Å². The van der Waals surface area contributed by atoms with Crippen molar-refractivity contribution in [3.63, 3.8) is 0 Å². The minimum absolute atomic E-state index is 0.0375. The highest BCUT2D eigenvalue weighted by molar-refractivity contribution is 4.91. The summed E-state index contributed by atoms with van der Waals surface area (Å²) in [6.07, 6.45) is 1.80. The zero-order valence-corrected chi connectivity index (χ0v) is 8.39. The maximum absolute atomic E-state index is 10.0. The molecule has 0 aromatic rings. The van der Waals surface area contributed by atoms with Crippen LogP contribution in [0.3, 0.4) is 0 Å². The monoisotopic (exact) mass is 204 g/mol. The first-order chi connectivity index (χ1) is 6.58. The summed E-state index contributed by atoms with van der Waals surface area (Å²) in [5.74, 6) is 0. The van der Waals surface area contributed by atoms with Gasteiger partial charge in [0.25, 0.3) is 0 Å². The summed E-state index contributed by atoms with van der Waals surface area (Å²) in [5.41, 5.74) is -1.05. The predicted octanol–water partition coefficient (Wildman–Crippen LogP) is -0.214. The van der Waals surface area contributed by atoms with Crippen molar-refractivity contribution in [2.45, 2.75) is 56.3 Å². The van der Waals surface area contributed by atoms with Crippen molar-refractivity contribution in [3.05, 3.63) is 0 Å². The maximum Gasteiger partial charge on any atom is 0.0907 e. The van der Waals surface area contributed by atoms with Crippen LogP contribution in [0.5, 0.6) is 0 Å². The largest absolute Gasteiger partial charge is 0.396 e.